The lowest BCUT2D eigenvalue weighted by molar-refractivity contribution is 0.0732. The van der Waals surface area contributed by atoms with E-state index in [1.807, 2.05) is 38.5 Å². The lowest BCUT2D eigenvalue weighted by Gasteiger charge is -2.27. The first-order valence-corrected chi connectivity index (χ1v) is 13.5. The number of carbonyl (C=O) groups excluding carboxylic acids is 1. The molecule has 8 heteroatoms. The predicted octanol–water partition coefficient (Wildman–Crippen LogP) is 5.50. The molecule has 2 heterocycles. The second kappa shape index (κ2) is 20.6. The van der Waals surface area contributed by atoms with Gasteiger partial charge in [0.1, 0.15) is 0 Å². The molecule has 8 nitrogen and oxygen atoms in total. The molecule has 39 heavy (non-hydrogen) atoms. The quantitative estimate of drug-likeness (QED) is 0.417. The van der Waals surface area contributed by atoms with Crippen molar-refractivity contribution >= 4 is 12.2 Å². The van der Waals surface area contributed by atoms with E-state index in [0.29, 0.717) is 0 Å². The molecule has 218 valence electrons. The Bertz CT molecular complexity index is 1000. The molecule has 3 rings (SSSR count). The zero-order valence-corrected chi connectivity index (χ0v) is 25.2. The Kier molecular flexibility index (Phi) is 18.8. The molecule has 0 radical (unpaired) electrons. The highest BCUT2D eigenvalue weighted by Crippen LogP contribution is 2.17. The number of nitrogens with two attached hydrogens (primary N) is 2. The van der Waals surface area contributed by atoms with Crippen molar-refractivity contribution in [2.45, 2.75) is 66.5 Å². The lowest BCUT2D eigenvalue weighted by atomic mass is 9.98. The SMILES string of the molecule is C=CN.C=Cc1cc(C)ccc1CC/C(C)=C\C.CC(C)OC(=O)N1CCNCC1.CC(N)c1cncn1C. The molecule has 0 spiro atoms. The Hall–Kier alpha value is -3.36. The van der Waals surface area contributed by atoms with E-state index in [2.05, 4.69) is 74.2 Å². The van der Waals surface area contributed by atoms with E-state index in [1.54, 1.807) is 17.4 Å². The molecule has 1 unspecified atom stereocenters. The van der Waals surface area contributed by atoms with E-state index in [0.717, 1.165) is 44.7 Å². The summed E-state index contributed by atoms with van der Waals surface area (Å²) >= 11 is 0. The number of hydrogen-bond donors (Lipinski definition) is 3. The highest BCUT2D eigenvalue weighted by atomic mass is 16.6. The van der Waals surface area contributed by atoms with Crippen LogP contribution in [0.25, 0.3) is 6.08 Å². The van der Waals surface area contributed by atoms with Gasteiger partial charge in [-0.2, -0.15) is 0 Å². The molecule has 5 N–H and O–H groups in total. The third kappa shape index (κ3) is 15.6. The Morgan fingerprint density at radius 2 is 1.85 bits per heavy atom. The monoisotopic (exact) mass is 540 g/mol. The largest absolute Gasteiger partial charge is 0.447 e. The zero-order chi connectivity index (χ0) is 29.8. The summed E-state index contributed by atoms with van der Waals surface area (Å²) in [4.78, 5) is 16.9. The number of nitrogens with one attached hydrogen (secondary N) is 1. The highest BCUT2D eigenvalue weighted by Gasteiger charge is 2.17. The van der Waals surface area contributed by atoms with Crippen molar-refractivity contribution < 1.29 is 9.53 Å². The van der Waals surface area contributed by atoms with Crippen LogP contribution in [-0.2, 0) is 18.2 Å². The number of hydrogen-bond acceptors (Lipinski definition) is 6. The number of allylic oxidation sites excluding steroid dienone is 2. The van der Waals surface area contributed by atoms with Crippen LogP contribution >= 0.6 is 0 Å². The molecule has 1 amide bonds. The summed E-state index contributed by atoms with van der Waals surface area (Å²) in [6.45, 7) is 22.3. The summed E-state index contributed by atoms with van der Waals surface area (Å²) in [5, 5.41) is 3.17. The van der Waals surface area contributed by atoms with E-state index < -0.39 is 0 Å². The fraction of sp³-hybridized carbons (Fsp3) is 0.484. The van der Waals surface area contributed by atoms with E-state index in [4.69, 9.17) is 10.5 Å². The number of aromatic nitrogens is 2. The number of carbonyl (C=O) groups is 1. The minimum Gasteiger partial charge on any atom is -0.447 e. The Morgan fingerprint density at radius 1 is 1.23 bits per heavy atom. The molecule has 1 atom stereocenters. The number of rotatable bonds is 6. The summed E-state index contributed by atoms with van der Waals surface area (Å²) in [6, 6.07) is 6.67. The summed E-state index contributed by atoms with van der Waals surface area (Å²) in [7, 11) is 1.94. The molecule has 1 fully saturated rings. The normalized spacial score (nSPS) is 13.5. The Morgan fingerprint density at radius 3 is 2.28 bits per heavy atom. The summed E-state index contributed by atoms with van der Waals surface area (Å²) in [5.41, 5.74) is 16.7. The maximum Gasteiger partial charge on any atom is 0.410 e. The number of benzene rings is 1. The fourth-order valence-electron chi connectivity index (χ4n) is 3.54. The minimum absolute atomic E-state index is 0.0209. The minimum atomic E-state index is -0.188. The van der Waals surface area contributed by atoms with Crippen molar-refractivity contribution in [2.24, 2.45) is 18.5 Å². The highest BCUT2D eigenvalue weighted by molar-refractivity contribution is 5.67. The van der Waals surface area contributed by atoms with E-state index in [1.165, 1.54) is 28.5 Å². The van der Waals surface area contributed by atoms with Crippen LogP contribution in [0.3, 0.4) is 0 Å². The van der Waals surface area contributed by atoms with Gasteiger partial charge in [-0.15, -0.1) is 0 Å². The number of imidazole rings is 1. The third-order valence-corrected chi connectivity index (χ3v) is 5.83. The van der Waals surface area contributed by atoms with Gasteiger partial charge in [0.2, 0.25) is 0 Å². The molecule has 1 aromatic carbocycles. The molecule has 0 bridgehead atoms. The van der Waals surface area contributed by atoms with Crippen LogP contribution in [-0.4, -0.2) is 52.8 Å². The van der Waals surface area contributed by atoms with Gasteiger partial charge in [0.15, 0.2) is 0 Å². The molecule has 0 saturated carbocycles. The van der Waals surface area contributed by atoms with Gasteiger partial charge < -0.3 is 31.0 Å². The van der Waals surface area contributed by atoms with Crippen molar-refractivity contribution in [1.82, 2.24) is 19.8 Å². The molecule has 1 aromatic heterocycles. The molecule has 1 aliphatic rings. The Balaban J connectivity index is 0.000000541. The maximum atomic E-state index is 11.3. The van der Waals surface area contributed by atoms with Gasteiger partial charge in [0.05, 0.1) is 18.1 Å². The summed E-state index contributed by atoms with van der Waals surface area (Å²) < 4.78 is 6.97. The molecule has 0 aliphatic carbocycles. The standard InChI is InChI=1S/C15H20.C8H16N2O2.C6H11N3.C2H5N/c1-5-12(3)7-9-15-10-8-13(4)11-14(15)6-2;1-7(2)12-8(11)10-5-3-9-4-6-10;1-5(7)6-3-8-4-9(6)2;1-2-3/h5-6,8,10-11H,2,7,9H2,1,3-4H3;7,9H,3-6H2,1-2H3;3-5H,7H2,1-2H3;2H,1,3H2/b12-5-;;;. The lowest BCUT2D eigenvalue weighted by Crippen LogP contribution is -2.47. The van der Waals surface area contributed by atoms with Gasteiger partial charge in [-0.05, 0) is 71.7 Å². The van der Waals surface area contributed by atoms with Crippen molar-refractivity contribution in [3.8, 4) is 0 Å². The van der Waals surface area contributed by atoms with E-state index in [-0.39, 0.29) is 18.2 Å². The second-order valence-corrected chi connectivity index (χ2v) is 9.66. The van der Waals surface area contributed by atoms with E-state index >= 15 is 0 Å². The topological polar surface area (TPSA) is 111 Å². The van der Waals surface area contributed by atoms with Crippen molar-refractivity contribution in [3.05, 3.63) is 84.1 Å². The molecule has 2 aromatic rings. The molecular weight excluding hydrogens is 488 g/mol. The van der Waals surface area contributed by atoms with Crippen LogP contribution in [0.5, 0.6) is 0 Å². The zero-order valence-electron chi connectivity index (χ0n) is 25.2. The first-order chi connectivity index (χ1) is 18.5. The van der Waals surface area contributed by atoms with Crippen LogP contribution in [0.4, 0.5) is 4.79 Å². The third-order valence-electron chi connectivity index (χ3n) is 5.83. The first kappa shape index (κ1) is 35.6. The molecular formula is C31H52N6O2. The van der Waals surface area contributed by atoms with Crippen molar-refractivity contribution in [3.63, 3.8) is 0 Å². The summed E-state index contributed by atoms with van der Waals surface area (Å²) in [5.74, 6) is 0. The van der Waals surface area contributed by atoms with Gasteiger partial charge in [-0.25, -0.2) is 9.78 Å². The van der Waals surface area contributed by atoms with E-state index in [9.17, 15) is 4.79 Å². The average Bonchev–Trinajstić information content (AvgIpc) is 3.35. The van der Waals surface area contributed by atoms with Crippen LogP contribution in [0, 0.1) is 6.92 Å². The number of nitrogens with zero attached hydrogens (tertiary/aromatic N) is 3. The van der Waals surface area contributed by atoms with Crippen LogP contribution in [0.1, 0.15) is 69.5 Å². The van der Waals surface area contributed by atoms with Crippen molar-refractivity contribution in [1.29, 1.82) is 0 Å². The number of aryl methyl sites for hydroxylation is 3. The number of ether oxygens (including phenoxy) is 1. The van der Waals surface area contributed by atoms with Crippen LogP contribution < -0.4 is 16.8 Å². The number of amides is 1. The van der Waals surface area contributed by atoms with Crippen LogP contribution in [0.2, 0.25) is 0 Å². The van der Waals surface area contributed by atoms with Gasteiger partial charge in [0, 0.05) is 45.5 Å². The van der Waals surface area contributed by atoms with Crippen LogP contribution in [0.15, 0.2) is 61.7 Å². The smallest absolute Gasteiger partial charge is 0.410 e. The average molecular weight is 541 g/mol. The first-order valence-electron chi connectivity index (χ1n) is 13.5. The molecule has 1 aliphatic heterocycles. The Labute approximate surface area is 236 Å². The van der Waals surface area contributed by atoms with Gasteiger partial charge >= 0.3 is 6.09 Å². The van der Waals surface area contributed by atoms with Gasteiger partial charge in [-0.1, -0.05) is 54.6 Å². The summed E-state index contributed by atoms with van der Waals surface area (Å²) in [6.07, 6.45) is 11.0. The molecule has 1 saturated heterocycles. The predicted molar refractivity (Wildman–Crippen MR) is 165 cm³/mol. The van der Waals surface area contributed by atoms with Gasteiger partial charge in [-0.3, -0.25) is 0 Å². The van der Waals surface area contributed by atoms with Crippen molar-refractivity contribution in [2.75, 3.05) is 26.2 Å². The number of piperazine rings is 1. The maximum absolute atomic E-state index is 11.3. The fourth-order valence-corrected chi connectivity index (χ4v) is 3.54. The second-order valence-electron chi connectivity index (χ2n) is 9.66. The van der Waals surface area contributed by atoms with Gasteiger partial charge in [0.25, 0.3) is 0 Å².